The topological polar surface area (TPSA) is 26.3 Å². The van der Waals surface area contributed by atoms with Gasteiger partial charge in [0, 0.05) is 5.92 Å². The van der Waals surface area contributed by atoms with Crippen molar-refractivity contribution in [3.8, 4) is 5.75 Å². The first-order valence-corrected chi connectivity index (χ1v) is 6.41. The number of Topliss-reactive ketones (excluding diaryl/α,β-unsaturated/α-hetero) is 1. The second kappa shape index (κ2) is 3.82. The number of rotatable bonds is 1. The summed E-state index contributed by atoms with van der Waals surface area (Å²) in [5.41, 5.74) is 3.05. The molecular weight excluding hydrogens is 236 g/mol. The van der Waals surface area contributed by atoms with Crippen LogP contribution in [0.5, 0.6) is 5.75 Å². The van der Waals surface area contributed by atoms with Gasteiger partial charge in [0.25, 0.3) is 0 Å². The van der Waals surface area contributed by atoms with Crippen LogP contribution in [0.1, 0.15) is 27.4 Å². The van der Waals surface area contributed by atoms with E-state index in [0.29, 0.717) is 11.3 Å². The highest BCUT2D eigenvalue weighted by Crippen LogP contribution is 2.39. The quantitative estimate of drug-likeness (QED) is 0.772. The lowest BCUT2D eigenvalue weighted by molar-refractivity contribution is 0.0840. The third kappa shape index (κ3) is 1.46. The second-order valence-corrected chi connectivity index (χ2v) is 4.91. The van der Waals surface area contributed by atoms with Crippen LogP contribution in [0, 0.1) is 0 Å². The molecule has 2 unspecified atom stereocenters. The van der Waals surface area contributed by atoms with Crippen LogP contribution < -0.4 is 4.74 Å². The standard InChI is InChI=1S/C17H12O2/c18-16-14-7-3-4-8-15(14)19-17(16)13-10-9-11-5-1-2-6-12(11)13/h1-10,13,17H. The summed E-state index contributed by atoms with van der Waals surface area (Å²) in [6.45, 7) is 0. The van der Waals surface area contributed by atoms with Gasteiger partial charge in [-0.05, 0) is 23.3 Å². The van der Waals surface area contributed by atoms with Gasteiger partial charge < -0.3 is 4.74 Å². The molecule has 0 aromatic heterocycles. The molecule has 0 bridgehead atoms. The first-order chi connectivity index (χ1) is 9.34. The Balaban J connectivity index is 1.74. The molecule has 2 aromatic carbocycles. The third-order valence-electron chi connectivity index (χ3n) is 3.83. The highest BCUT2D eigenvalue weighted by molar-refractivity contribution is 6.05. The van der Waals surface area contributed by atoms with Crippen molar-refractivity contribution in [1.82, 2.24) is 0 Å². The van der Waals surface area contributed by atoms with Crippen LogP contribution in [-0.2, 0) is 0 Å². The van der Waals surface area contributed by atoms with Crippen molar-refractivity contribution in [2.75, 3.05) is 0 Å². The number of carbonyl (C=O) groups excluding carboxylic acids is 1. The van der Waals surface area contributed by atoms with Gasteiger partial charge in [-0.1, -0.05) is 48.6 Å². The van der Waals surface area contributed by atoms with E-state index >= 15 is 0 Å². The Hall–Kier alpha value is -2.35. The molecule has 2 heteroatoms. The number of benzene rings is 2. The van der Waals surface area contributed by atoms with Crippen LogP contribution in [-0.4, -0.2) is 11.9 Å². The van der Waals surface area contributed by atoms with E-state index in [-0.39, 0.29) is 11.7 Å². The lowest BCUT2D eigenvalue weighted by atomic mass is 9.92. The van der Waals surface area contributed by atoms with E-state index in [1.165, 1.54) is 11.1 Å². The minimum Gasteiger partial charge on any atom is -0.481 e. The first kappa shape index (κ1) is 10.6. The Kier molecular flexibility index (Phi) is 2.12. The summed E-state index contributed by atoms with van der Waals surface area (Å²) in [5, 5.41) is 0. The average Bonchev–Trinajstić information content (AvgIpc) is 3.01. The van der Waals surface area contributed by atoms with Gasteiger partial charge in [0.15, 0.2) is 6.10 Å². The zero-order valence-electron chi connectivity index (χ0n) is 10.2. The van der Waals surface area contributed by atoms with Crippen molar-refractivity contribution in [1.29, 1.82) is 0 Å². The van der Waals surface area contributed by atoms with Crippen LogP contribution in [0.15, 0.2) is 54.6 Å². The predicted octanol–water partition coefficient (Wildman–Crippen LogP) is 3.44. The molecule has 92 valence electrons. The van der Waals surface area contributed by atoms with E-state index in [4.69, 9.17) is 4.74 Å². The number of hydrogen-bond donors (Lipinski definition) is 0. The van der Waals surface area contributed by atoms with Gasteiger partial charge in [0.2, 0.25) is 5.78 Å². The SMILES string of the molecule is O=C1c2ccccc2OC1C1C=Cc2ccccc21. The van der Waals surface area contributed by atoms with Crippen LogP contribution in [0.2, 0.25) is 0 Å². The maximum absolute atomic E-state index is 12.4. The minimum atomic E-state index is -0.419. The van der Waals surface area contributed by atoms with Gasteiger partial charge in [0.05, 0.1) is 5.56 Å². The van der Waals surface area contributed by atoms with Crippen LogP contribution in [0.25, 0.3) is 6.08 Å². The molecular formula is C17H12O2. The smallest absolute Gasteiger partial charge is 0.207 e. The van der Waals surface area contributed by atoms with Crippen LogP contribution >= 0.6 is 0 Å². The number of carbonyl (C=O) groups is 1. The Morgan fingerprint density at radius 2 is 1.74 bits per heavy atom. The molecule has 2 nitrogen and oxygen atoms in total. The summed E-state index contributed by atoms with van der Waals surface area (Å²) in [4.78, 5) is 12.4. The Labute approximate surface area is 111 Å². The molecule has 2 aliphatic rings. The fraction of sp³-hybridized carbons (Fsp3) is 0.118. The van der Waals surface area contributed by atoms with E-state index in [1.807, 2.05) is 36.4 Å². The number of para-hydroxylation sites is 1. The largest absolute Gasteiger partial charge is 0.481 e. The van der Waals surface area contributed by atoms with Crippen molar-refractivity contribution in [2.45, 2.75) is 12.0 Å². The molecule has 19 heavy (non-hydrogen) atoms. The Bertz CT molecular complexity index is 700. The van der Waals surface area contributed by atoms with Crippen LogP contribution in [0.4, 0.5) is 0 Å². The normalized spacial score (nSPS) is 23.1. The van der Waals surface area contributed by atoms with Crippen molar-refractivity contribution in [2.24, 2.45) is 0 Å². The fourth-order valence-electron chi connectivity index (χ4n) is 2.89. The highest BCUT2D eigenvalue weighted by atomic mass is 16.5. The molecule has 1 heterocycles. The molecule has 1 aliphatic carbocycles. The van der Waals surface area contributed by atoms with Crippen molar-refractivity contribution >= 4 is 11.9 Å². The number of ether oxygens (including phenoxy) is 1. The summed E-state index contributed by atoms with van der Waals surface area (Å²) in [6, 6.07) is 15.6. The van der Waals surface area contributed by atoms with Crippen molar-refractivity contribution in [3.63, 3.8) is 0 Å². The molecule has 2 atom stereocenters. The van der Waals surface area contributed by atoms with E-state index in [1.54, 1.807) is 0 Å². The molecule has 4 rings (SSSR count). The molecule has 0 amide bonds. The minimum absolute atomic E-state index is 0.0242. The van der Waals surface area contributed by atoms with Crippen molar-refractivity contribution in [3.05, 3.63) is 71.3 Å². The van der Waals surface area contributed by atoms with E-state index in [0.717, 1.165) is 0 Å². The van der Waals surface area contributed by atoms with Gasteiger partial charge in [-0.15, -0.1) is 0 Å². The Morgan fingerprint density at radius 1 is 0.947 bits per heavy atom. The zero-order chi connectivity index (χ0) is 12.8. The van der Waals surface area contributed by atoms with Gasteiger partial charge >= 0.3 is 0 Å². The molecule has 0 N–H and O–H groups in total. The molecule has 0 spiro atoms. The maximum Gasteiger partial charge on any atom is 0.207 e. The summed E-state index contributed by atoms with van der Waals surface area (Å²) in [7, 11) is 0. The van der Waals surface area contributed by atoms with E-state index < -0.39 is 6.10 Å². The molecule has 0 fully saturated rings. The summed E-state index contributed by atoms with van der Waals surface area (Å²) < 4.78 is 5.86. The molecule has 1 aliphatic heterocycles. The first-order valence-electron chi connectivity index (χ1n) is 6.41. The van der Waals surface area contributed by atoms with Gasteiger partial charge in [-0.2, -0.15) is 0 Å². The predicted molar refractivity (Wildman–Crippen MR) is 73.4 cm³/mol. The summed E-state index contributed by atoms with van der Waals surface area (Å²) in [6.07, 6.45) is 3.72. The van der Waals surface area contributed by atoms with Crippen molar-refractivity contribution < 1.29 is 9.53 Å². The second-order valence-electron chi connectivity index (χ2n) is 4.91. The van der Waals surface area contributed by atoms with E-state index in [9.17, 15) is 4.79 Å². The number of fused-ring (bicyclic) bond motifs is 2. The molecule has 0 radical (unpaired) electrons. The van der Waals surface area contributed by atoms with Gasteiger partial charge in [0.1, 0.15) is 5.75 Å². The lowest BCUT2D eigenvalue weighted by Crippen LogP contribution is -2.27. The summed E-state index contributed by atoms with van der Waals surface area (Å²) >= 11 is 0. The van der Waals surface area contributed by atoms with Gasteiger partial charge in [-0.3, -0.25) is 4.79 Å². The van der Waals surface area contributed by atoms with Gasteiger partial charge in [-0.25, -0.2) is 0 Å². The highest BCUT2D eigenvalue weighted by Gasteiger charge is 2.39. The lowest BCUT2D eigenvalue weighted by Gasteiger charge is -2.17. The average molecular weight is 248 g/mol. The Morgan fingerprint density at radius 3 is 2.63 bits per heavy atom. The molecule has 2 aromatic rings. The van der Waals surface area contributed by atoms with E-state index in [2.05, 4.69) is 24.3 Å². The third-order valence-corrected chi connectivity index (χ3v) is 3.83. The van der Waals surface area contributed by atoms with Crippen LogP contribution in [0.3, 0.4) is 0 Å². The number of ketones is 1. The monoisotopic (exact) mass is 248 g/mol. The maximum atomic E-state index is 12.4. The summed E-state index contributed by atoms with van der Waals surface area (Å²) in [5.74, 6) is 0.813. The number of hydrogen-bond acceptors (Lipinski definition) is 2. The molecule has 0 saturated heterocycles. The zero-order valence-corrected chi connectivity index (χ0v) is 10.2. The molecule has 0 saturated carbocycles. The fourth-order valence-corrected chi connectivity index (χ4v) is 2.89.